The van der Waals surface area contributed by atoms with Crippen molar-refractivity contribution < 1.29 is 4.74 Å². The fourth-order valence-corrected chi connectivity index (χ4v) is 9.51. The third kappa shape index (κ3) is 3.59. The number of H-pyrrole nitrogens is 1. The molecule has 7 nitrogen and oxygen atoms in total. The SMILES string of the molecule is CC1(C)[C@@H]2CC[C@@]1(C)c1[nH]n(-c3ccccc3)c(=O)c12.COCCn1c2c(c(=O)n1-c1ccccc1)[C@H]1CC[C@]2(C)C1(C)C. The maximum absolute atomic E-state index is 13.4. The summed E-state index contributed by atoms with van der Waals surface area (Å²) in [4.78, 5) is 26.2. The molecule has 8 rings (SSSR count). The number of hydrogen-bond acceptors (Lipinski definition) is 3. The predicted octanol–water partition coefficient (Wildman–Crippen LogP) is 6.80. The van der Waals surface area contributed by atoms with Crippen molar-refractivity contribution in [2.45, 2.75) is 96.4 Å². The summed E-state index contributed by atoms with van der Waals surface area (Å²) in [5, 5.41) is 3.41. The molecule has 2 saturated carbocycles. The summed E-state index contributed by atoms with van der Waals surface area (Å²) in [5.41, 5.74) is 7.16. The van der Waals surface area contributed by atoms with E-state index < -0.39 is 0 Å². The Hall–Kier alpha value is -3.58. The van der Waals surface area contributed by atoms with Crippen molar-refractivity contribution in [2.75, 3.05) is 13.7 Å². The lowest BCUT2D eigenvalue weighted by atomic mass is 9.70. The topological polar surface area (TPSA) is 73.9 Å². The van der Waals surface area contributed by atoms with Gasteiger partial charge in [-0.3, -0.25) is 19.4 Å². The van der Waals surface area contributed by atoms with E-state index in [4.69, 9.17) is 4.74 Å². The van der Waals surface area contributed by atoms with Crippen molar-refractivity contribution in [2.24, 2.45) is 10.8 Å². The van der Waals surface area contributed by atoms with Crippen LogP contribution in [0.4, 0.5) is 0 Å². The van der Waals surface area contributed by atoms with Gasteiger partial charge in [-0.1, -0.05) is 77.9 Å². The van der Waals surface area contributed by atoms with Crippen molar-refractivity contribution in [1.29, 1.82) is 0 Å². The standard InChI is InChI=1S/C20H26N2O2.C17H20N2O/c1-19(2)15-10-11-20(19,3)17-16(15)18(23)22(21(17)12-13-24-4)14-8-6-5-7-9-14;1-16(2)12-9-10-17(16,3)14-13(12)15(20)19(18-14)11-7-5-4-6-8-11/h5-9,15H,10-13H2,1-4H3;4-8,12,18H,9-10H2,1-3H3/t15-,20+;12-,17+/m11/s1. The average molecular weight is 595 g/mol. The van der Waals surface area contributed by atoms with E-state index in [2.05, 4.69) is 51.3 Å². The summed E-state index contributed by atoms with van der Waals surface area (Å²) in [6.07, 6.45) is 4.59. The number of aromatic nitrogens is 4. The summed E-state index contributed by atoms with van der Waals surface area (Å²) in [6.45, 7) is 15.2. The van der Waals surface area contributed by atoms with Crippen LogP contribution in [0, 0.1) is 10.8 Å². The zero-order chi connectivity index (χ0) is 31.2. The van der Waals surface area contributed by atoms with Crippen LogP contribution in [0.1, 0.15) is 102 Å². The Labute approximate surface area is 259 Å². The summed E-state index contributed by atoms with van der Waals surface area (Å²) in [5.74, 6) is 0.764. The van der Waals surface area contributed by atoms with Gasteiger partial charge in [0.1, 0.15) is 0 Å². The number of fused-ring (bicyclic) bond motifs is 10. The molecule has 0 aliphatic heterocycles. The molecule has 0 amide bonds. The van der Waals surface area contributed by atoms with Crippen LogP contribution in [-0.4, -0.2) is 32.9 Å². The largest absolute Gasteiger partial charge is 0.383 e. The number of rotatable bonds is 5. The van der Waals surface area contributed by atoms with Crippen LogP contribution >= 0.6 is 0 Å². The summed E-state index contributed by atoms with van der Waals surface area (Å²) in [7, 11) is 1.71. The van der Waals surface area contributed by atoms with Crippen molar-refractivity contribution in [3.8, 4) is 11.4 Å². The molecule has 0 saturated heterocycles. The Bertz CT molecular complexity index is 1840. The highest BCUT2D eigenvalue weighted by Crippen LogP contribution is 2.67. The first-order chi connectivity index (χ1) is 20.9. The molecule has 2 heterocycles. The summed E-state index contributed by atoms with van der Waals surface area (Å²) in [6, 6.07) is 19.8. The van der Waals surface area contributed by atoms with E-state index in [0.717, 1.165) is 41.8 Å². The number of ether oxygens (including phenoxy) is 1. The molecule has 2 fully saturated rings. The van der Waals surface area contributed by atoms with E-state index in [1.54, 1.807) is 11.8 Å². The third-order valence-corrected chi connectivity index (χ3v) is 12.9. The van der Waals surface area contributed by atoms with Crippen molar-refractivity contribution >= 4 is 0 Å². The molecular formula is C37H46N4O3. The molecule has 1 N–H and O–H groups in total. The van der Waals surface area contributed by atoms with Crippen LogP contribution in [-0.2, 0) is 22.1 Å². The predicted molar refractivity (Wildman–Crippen MR) is 175 cm³/mol. The second kappa shape index (κ2) is 9.71. The Morgan fingerprint density at radius 1 is 0.750 bits per heavy atom. The van der Waals surface area contributed by atoms with Gasteiger partial charge in [0.05, 0.1) is 30.2 Å². The summed E-state index contributed by atoms with van der Waals surface area (Å²) >= 11 is 0. The quantitative estimate of drug-likeness (QED) is 0.276. The fraction of sp³-hybridized carbons (Fsp3) is 0.514. The number of aromatic amines is 1. The number of nitrogens with one attached hydrogen (secondary N) is 1. The molecule has 2 aromatic heterocycles. The number of para-hydroxylation sites is 2. The Balaban J connectivity index is 0.000000144. The van der Waals surface area contributed by atoms with Crippen LogP contribution in [0.5, 0.6) is 0 Å². The van der Waals surface area contributed by atoms with Crippen molar-refractivity contribution in [3.05, 3.63) is 104 Å². The normalized spacial score (nSPS) is 28.1. The van der Waals surface area contributed by atoms with Crippen LogP contribution in [0.3, 0.4) is 0 Å². The minimum Gasteiger partial charge on any atom is -0.383 e. The van der Waals surface area contributed by atoms with E-state index in [1.165, 1.54) is 17.8 Å². The Morgan fingerprint density at radius 3 is 1.89 bits per heavy atom. The van der Waals surface area contributed by atoms with E-state index in [0.29, 0.717) is 25.0 Å². The van der Waals surface area contributed by atoms with Gasteiger partial charge in [0.25, 0.3) is 11.1 Å². The number of nitrogens with zero attached hydrogens (tertiary/aromatic N) is 3. The molecule has 4 aromatic rings. The molecule has 7 heteroatoms. The molecule has 44 heavy (non-hydrogen) atoms. The second-order valence-electron chi connectivity index (χ2n) is 15.0. The molecule has 4 bridgehead atoms. The third-order valence-electron chi connectivity index (χ3n) is 12.9. The first kappa shape index (κ1) is 29.1. The average Bonchev–Trinajstić information content (AvgIpc) is 3.73. The van der Waals surface area contributed by atoms with Crippen molar-refractivity contribution in [3.63, 3.8) is 0 Å². The molecule has 4 atom stereocenters. The van der Waals surface area contributed by atoms with Crippen LogP contribution in [0.25, 0.3) is 11.4 Å². The molecule has 0 unspecified atom stereocenters. The van der Waals surface area contributed by atoms with Crippen LogP contribution in [0.15, 0.2) is 70.3 Å². The highest BCUT2D eigenvalue weighted by atomic mass is 16.5. The van der Waals surface area contributed by atoms with E-state index in [9.17, 15) is 9.59 Å². The molecule has 4 aliphatic carbocycles. The molecule has 232 valence electrons. The monoisotopic (exact) mass is 594 g/mol. The van der Waals surface area contributed by atoms with Gasteiger partial charge in [0.15, 0.2) is 0 Å². The smallest absolute Gasteiger partial charge is 0.275 e. The Kier molecular flexibility index (Phi) is 6.43. The Morgan fingerprint density at radius 2 is 1.30 bits per heavy atom. The van der Waals surface area contributed by atoms with Gasteiger partial charge in [-0.05, 0) is 72.6 Å². The maximum Gasteiger partial charge on any atom is 0.275 e. The van der Waals surface area contributed by atoms with Gasteiger partial charge >= 0.3 is 0 Å². The number of benzene rings is 2. The molecule has 2 aromatic carbocycles. The lowest BCUT2D eigenvalue weighted by Gasteiger charge is -2.36. The summed E-state index contributed by atoms with van der Waals surface area (Å²) < 4.78 is 11.1. The minimum atomic E-state index is 0.0555. The fourth-order valence-electron chi connectivity index (χ4n) is 9.51. The van der Waals surface area contributed by atoms with Crippen LogP contribution < -0.4 is 11.1 Å². The zero-order valence-electron chi connectivity index (χ0n) is 27.2. The molecule has 4 aliphatic rings. The van der Waals surface area contributed by atoms with E-state index >= 15 is 0 Å². The first-order valence-corrected chi connectivity index (χ1v) is 16.2. The van der Waals surface area contributed by atoms with E-state index in [-0.39, 0.29) is 32.8 Å². The zero-order valence-corrected chi connectivity index (χ0v) is 27.2. The maximum atomic E-state index is 13.4. The number of methoxy groups -OCH3 is 1. The second-order valence-corrected chi connectivity index (χ2v) is 15.0. The highest BCUT2D eigenvalue weighted by Gasteiger charge is 2.63. The van der Waals surface area contributed by atoms with Gasteiger partial charge < -0.3 is 4.74 Å². The lowest BCUT2D eigenvalue weighted by molar-refractivity contribution is 0.170. The lowest BCUT2D eigenvalue weighted by Crippen LogP contribution is -2.36. The van der Waals surface area contributed by atoms with Gasteiger partial charge in [-0.25, -0.2) is 9.36 Å². The van der Waals surface area contributed by atoms with Gasteiger partial charge in [0, 0.05) is 34.8 Å². The van der Waals surface area contributed by atoms with Gasteiger partial charge in [0.2, 0.25) is 0 Å². The molecule has 0 radical (unpaired) electrons. The van der Waals surface area contributed by atoms with Gasteiger partial charge in [-0.2, -0.15) is 0 Å². The number of hydrogen-bond donors (Lipinski definition) is 1. The minimum absolute atomic E-state index is 0.0555. The van der Waals surface area contributed by atoms with E-state index in [1.807, 2.05) is 65.3 Å². The van der Waals surface area contributed by atoms with Gasteiger partial charge in [-0.15, -0.1) is 0 Å². The van der Waals surface area contributed by atoms with Crippen molar-refractivity contribution in [1.82, 2.24) is 19.1 Å². The molecule has 0 spiro atoms. The molecular weight excluding hydrogens is 548 g/mol. The van der Waals surface area contributed by atoms with Crippen LogP contribution in [0.2, 0.25) is 0 Å². The first-order valence-electron chi connectivity index (χ1n) is 16.2. The highest BCUT2D eigenvalue weighted by molar-refractivity contribution is 5.48.